The number of hydrogen-bond donors (Lipinski definition) is 2. The number of carbonyl (C=O) groups excluding carboxylic acids is 1. The molecule has 0 saturated heterocycles. The van der Waals surface area contributed by atoms with Crippen LogP contribution in [0.15, 0.2) is 41.3 Å². The third-order valence-electron chi connectivity index (χ3n) is 4.16. The first-order valence-electron chi connectivity index (χ1n) is 8.73. The van der Waals surface area contributed by atoms with Gasteiger partial charge in [-0.3, -0.25) is 9.52 Å². The summed E-state index contributed by atoms with van der Waals surface area (Å²) in [5.41, 5.74) is 3.87. The zero-order chi connectivity index (χ0) is 19.3. The highest BCUT2D eigenvalue weighted by molar-refractivity contribution is 7.92. The summed E-state index contributed by atoms with van der Waals surface area (Å²) in [4.78, 5) is 12.1. The molecule has 2 rings (SSSR count). The molecule has 0 spiro atoms. The highest BCUT2D eigenvalue weighted by atomic mass is 32.2. The molecular formula is C20H26N2O3S. The average molecular weight is 375 g/mol. The minimum Gasteiger partial charge on any atom is -0.352 e. The van der Waals surface area contributed by atoms with Crippen LogP contribution < -0.4 is 10.0 Å². The van der Waals surface area contributed by atoms with Crippen LogP contribution in [-0.4, -0.2) is 20.9 Å². The number of sulfonamides is 1. The van der Waals surface area contributed by atoms with Crippen molar-refractivity contribution in [2.75, 3.05) is 11.3 Å². The molecule has 0 aliphatic carbocycles. The zero-order valence-electron chi connectivity index (χ0n) is 15.7. The third kappa shape index (κ3) is 4.85. The van der Waals surface area contributed by atoms with E-state index in [1.165, 1.54) is 24.3 Å². The number of rotatable bonds is 7. The number of carbonyl (C=O) groups is 1. The van der Waals surface area contributed by atoms with Gasteiger partial charge in [0.05, 0.1) is 10.6 Å². The summed E-state index contributed by atoms with van der Waals surface area (Å²) in [6.07, 6.45) is 1.92. The van der Waals surface area contributed by atoms with Gasteiger partial charge in [-0.15, -0.1) is 0 Å². The van der Waals surface area contributed by atoms with E-state index in [-0.39, 0.29) is 10.8 Å². The fourth-order valence-electron chi connectivity index (χ4n) is 2.80. The first-order valence-corrected chi connectivity index (χ1v) is 10.2. The van der Waals surface area contributed by atoms with Crippen molar-refractivity contribution in [3.05, 3.63) is 58.7 Å². The van der Waals surface area contributed by atoms with Crippen molar-refractivity contribution < 1.29 is 13.2 Å². The van der Waals surface area contributed by atoms with E-state index in [0.717, 1.165) is 29.5 Å². The van der Waals surface area contributed by atoms with Gasteiger partial charge in [-0.05, 0) is 62.6 Å². The SMILES string of the molecule is CCCCNC(=O)c1ccc(S(=O)(=O)Nc2c(C)cc(C)cc2C)cc1. The van der Waals surface area contributed by atoms with Crippen LogP contribution in [-0.2, 0) is 10.0 Å². The first kappa shape index (κ1) is 20.0. The minimum absolute atomic E-state index is 0.127. The van der Waals surface area contributed by atoms with Crippen LogP contribution in [0.2, 0.25) is 0 Å². The Bertz CT molecular complexity index is 865. The van der Waals surface area contributed by atoms with Gasteiger partial charge < -0.3 is 5.32 Å². The largest absolute Gasteiger partial charge is 0.352 e. The smallest absolute Gasteiger partial charge is 0.261 e. The van der Waals surface area contributed by atoms with Crippen molar-refractivity contribution in [2.45, 2.75) is 45.4 Å². The summed E-state index contributed by atoms with van der Waals surface area (Å²) in [5.74, 6) is -0.194. The Morgan fingerprint density at radius 3 is 2.12 bits per heavy atom. The maximum Gasteiger partial charge on any atom is 0.261 e. The van der Waals surface area contributed by atoms with Crippen molar-refractivity contribution in [3.63, 3.8) is 0 Å². The van der Waals surface area contributed by atoms with Crippen LogP contribution in [0.4, 0.5) is 5.69 Å². The van der Waals surface area contributed by atoms with Gasteiger partial charge in [-0.2, -0.15) is 0 Å². The van der Waals surface area contributed by atoms with Crippen LogP contribution in [0.3, 0.4) is 0 Å². The van der Waals surface area contributed by atoms with Crippen LogP contribution in [0.1, 0.15) is 46.8 Å². The molecule has 2 aromatic carbocycles. The summed E-state index contributed by atoms with van der Waals surface area (Å²) in [6.45, 7) is 8.39. The van der Waals surface area contributed by atoms with Crippen LogP contribution >= 0.6 is 0 Å². The van der Waals surface area contributed by atoms with E-state index in [1.807, 2.05) is 32.9 Å². The van der Waals surface area contributed by atoms with Crippen molar-refractivity contribution >= 4 is 21.6 Å². The molecule has 0 aliphatic rings. The fourth-order valence-corrected chi connectivity index (χ4v) is 4.00. The Morgan fingerprint density at radius 1 is 1.00 bits per heavy atom. The summed E-state index contributed by atoms with van der Waals surface area (Å²) in [5, 5.41) is 2.81. The van der Waals surface area contributed by atoms with E-state index in [2.05, 4.69) is 17.0 Å². The number of hydrogen-bond acceptors (Lipinski definition) is 3. The van der Waals surface area contributed by atoms with Gasteiger partial charge in [0, 0.05) is 12.1 Å². The molecule has 2 aromatic rings. The lowest BCUT2D eigenvalue weighted by atomic mass is 10.1. The summed E-state index contributed by atoms with van der Waals surface area (Å²) < 4.78 is 28.0. The Hall–Kier alpha value is -2.34. The predicted octanol–water partition coefficient (Wildman–Crippen LogP) is 3.94. The van der Waals surface area contributed by atoms with Crippen molar-refractivity contribution in [1.82, 2.24) is 5.32 Å². The zero-order valence-corrected chi connectivity index (χ0v) is 16.5. The summed E-state index contributed by atoms with van der Waals surface area (Å²) in [6, 6.07) is 9.85. The minimum atomic E-state index is -3.72. The average Bonchev–Trinajstić information content (AvgIpc) is 2.58. The third-order valence-corrected chi connectivity index (χ3v) is 5.52. The molecule has 0 bridgehead atoms. The normalized spacial score (nSPS) is 11.2. The molecule has 140 valence electrons. The molecular weight excluding hydrogens is 348 g/mol. The topological polar surface area (TPSA) is 75.3 Å². The number of amides is 1. The monoisotopic (exact) mass is 374 g/mol. The maximum atomic E-state index is 12.7. The van der Waals surface area contributed by atoms with E-state index < -0.39 is 10.0 Å². The van der Waals surface area contributed by atoms with Crippen molar-refractivity contribution in [2.24, 2.45) is 0 Å². The van der Waals surface area contributed by atoms with E-state index in [9.17, 15) is 13.2 Å². The van der Waals surface area contributed by atoms with Crippen LogP contribution in [0.5, 0.6) is 0 Å². The number of unbranched alkanes of at least 4 members (excludes halogenated alkanes) is 1. The quantitative estimate of drug-likeness (QED) is 0.721. The lowest BCUT2D eigenvalue weighted by Gasteiger charge is -2.14. The molecule has 2 N–H and O–H groups in total. The number of anilines is 1. The molecule has 0 saturated carbocycles. The van der Waals surface area contributed by atoms with E-state index in [0.29, 0.717) is 17.8 Å². The Kier molecular flexibility index (Phi) is 6.42. The van der Waals surface area contributed by atoms with Gasteiger partial charge in [0.15, 0.2) is 0 Å². The molecule has 5 nitrogen and oxygen atoms in total. The predicted molar refractivity (Wildman–Crippen MR) is 105 cm³/mol. The molecule has 0 unspecified atom stereocenters. The number of benzene rings is 2. The summed E-state index contributed by atoms with van der Waals surface area (Å²) >= 11 is 0. The molecule has 1 amide bonds. The van der Waals surface area contributed by atoms with Gasteiger partial charge >= 0.3 is 0 Å². The van der Waals surface area contributed by atoms with Gasteiger partial charge in [0.25, 0.3) is 15.9 Å². The lowest BCUT2D eigenvalue weighted by Crippen LogP contribution is -2.24. The fraction of sp³-hybridized carbons (Fsp3) is 0.350. The van der Waals surface area contributed by atoms with Crippen LogP contribution in [0, 0.1) is 20.8 Å². The Morgan fingerprint density at radius 2 is 1.58 bits per heavy atom. The molecule has 0 fully saturated rings. The van der Waals surface area contributed by atoms with E-state index in [4.69, 9.17) is 0 Å². The molecule has 0 atom stereocenters. The second-order valence-electron chi connectivity index (χ2n) is 6.51. The van der Waals surface area contributed by atoms with Crippen molar-refractivity contribution in [3.8, 4) is 0 Å². The molecule has 0 aromatic heterocycles. The molecule has 0 radical (unpaired) electrons. The standard InChI is InChI=1S/C20H26N2O3S/c1-5-6-11-21-20(23)17-7-9-18(10-8-17)26(24,25)22-19-15(3)12-14(2)13-16(19)4/h7-10,12-13,22H,5-6,11H2,1-4H3,(H,21,23). The van der Waals surface area contributed by atoms with Gasteiger partial charge in [0.1, 0.15) is 0 Å². The van der Waals surface area contributed by atoms with Gasteiger partial charge in [-0.1, -0.05) is 31.0 Å². The summed E-state index contributed by atoms with van der Waals surface area (Å²) in [7, 11) is -3.72. The second-order valence-corrected chi connectivity index (χ2v) is 8.20. The number of nitrogens with one attached hydrogen (secondary N) is 2. The number of aryl methyl sites for hydroxylation is 3. The second kappa shape index (κ2) is 8.36. The Labute approximate surface area is 155 Å². The molecule has 26 heavy (non-hydrogen) atoms. The highest BCUT2D eigenvalue weighted by Gasteiger charge is 2.17. The maximum absolute atomic E-state index is 12.7. The van der Waals surface area contributed by atoms with E-state index in [1.54, 1.807) is 0 Å². The van der Waals surface area contributed by atoms with Gasteiger partial charge in [0.2, 0.25) is 0 Å². The first-order chi connectivity index (χ1) is 12.2. The molecule has 6 heteroatoms. The molecule has 0 heterocycles. The highest BCUT2D eigenvalue weighted by Crippen LogP contribution is 2.25. The lowest BCUT2D eigenvalue weighted by molar-refractivity contribution is 0.0953. The van der Waals surface area contributed by atoms with Crippen molar-refractivity contribution in [1.29, 1.82) is 0 Å². The van der Waals surface area contributed by atoms with E-state index >= 15 is 0 Å². The Balaban J connectivity index is 2.18. The van der Waals surface area contributed by atoms with Gasteiger partial charge in [-0.25, -0.2) is 8.42 Å². The molecule has 0 aliphatic heterocycles. The van der Waals surface area contributed by atoms with Crippen LogP contribution in [0.25, 0.3) is 0 Å².